The van der Waals surface area contributed by atoms with Crippen LogP contribution in [-0.4, -0.2) is 23.0 Å². The summed E-state index contributed by atoms with van der Waals surface area (Å²) < 4.78 is 0. The van der Waals surface area contributed by atoms with Gasteiger partial charge in [-0.15, -0.1) is 0 Å². The molecular weight excluding hydrogens is 242 g/mol. The zero-order valence-electron chi connectivity index (χ0n) is 11.9. The Labute approximate surface area is 115 Å². The van der Waals surface area contributed by atoms with Crippen LogP contribution in [0.1, 0.15) is 58.8 Å². The smallest absolute Gasteiger partial charge is 0.306 e. The molecule has 2 N–H and O–H groups in total. The van der Waals surface area contributed by atoms with Crippen LogP contribution in [0.4, 0.5) is 0 Å². The van der Waals surface area contributed by atoms with E-state index >= 15 is 0 Å². The molecule has 0 aliphatic heterocycles. The number of hydrogen-bond acceptors (Lipinski definition) is 2. The first-order valence-electron chi connectivity index (χ1n) is 7.40. The van der Waals surface area contributed by atoms with Crippen molar-refractivity contribution in [2.24, 2.45) is 17.3 Å². The molecule has 2 fully saturated rings. The predicted octanol–water partition coefficient (Wildman–Crippen LogP) is 2.57. The molecule has 4 nitrogen and oxygen atoms in total. The second-order valence-electron chi connectivity index (χ2n) is 7.00. The van der Waals surface area contributed by atoms with Crippen molar-refractivity contribution in [1.29, 1.82) is 0 Å². The predicted molar refractivity (Wildman–Crippen MR) is 72.6 cm³/mol. The van der Waals surface area contributed by atoms with Gasteiger partial charge in [0.1, 0.15) is 0 Å². The van der Waals surface area contributed by atoms with Gasteiger partial charge in [-0.1, -0.05) is 13.8 Å². The van der Waals surface area contributed by atoms with Crippen LogP contribution in [0.3, 0.4) is 0 Å². The summed E-state index contributed by atoms with van der Waals surface area (Å²) in [4.78, 5) is 23.1. The number of carboxylic acids is 1. The number of carbonyl (C=O) groups excluding carboxylic acids is 1. The Kier molecular flexibility index (Phi) is 4.16. The third kappa shape index (κ3) is 3.71. The lowest BCUT2D eigenvalue weighted by Crippen LogP contribution is -2.39. The Balaban J connectivity index is 1.77. The number of carboxylic acid groups (broad SMARTS) is 1. The summed E-state index contributed by atoms with van der Waals surface area (Å²) in [6.07, 6.45) is 6.03. The first kappa shape index (κ1) is 14.4. The molecule has 0 radical (unpaired) electrons. The van der Waals surface area contributed by atoms with E-state index in [1.54, 1.807) is 0 Å². The quantitative estimate of drug-likeness (QED) is 0.826. The van der Waals surface area contributed by atoms with E-state index in [1.165, 1.54) is 6.42 Å². The van der Waals surface area contributed by atoms with Gasteiger partial charge in [0.2, 0.25) is 5.91 Å². The van der Waals surface area contributed by atoms with Crippen molar-refractivity contribution in [3.8, 4) is 0 Å². The van der Waals surface area contributed by atoms with Crippen molar-refractivity contribution >= 4 is 11.9 Å². The average molecular weight is 267 g/mol. The van der Waals surface area contributed by atoms with Gasteiger partial charge in [-0.2, -0.15) is 0 Å². The van der Waals surface area contributed by atoms with Gasteiger partial charge in [0.15, 0.2) is 0 Å². The summed E-state index contributed by atoms with van der Waals surface area (Å²) in [5.41, 5.74) is 0.346. The molecule has 2 aliphatic carbocycles. The summed E-state index contributed by atoms with van der Waals surface area (Å²) in [6, 6.07) is 0.319. The molecule has 0 bridgehead atoms. The SMILES string of the molecule is CC1(C)CCC(NC(=O)C2CCC(C(=O)O)CC2)C1. The lowest BCUT2D eigenvalue weighted by molar-refractivity contribution is -0.144. The van der Waals surface area contributed by atoms with Gasteiger partial charge in [0, 0.05) is 12.0 Å². The standard InChI is InChI=1S/C15H25NO3/c1-15(2)8-7-12(9-15)16-13(17)10-3-5-11(6-4-10)14(18)19/h10-12H,3-9H2,1-2H3,(H,16,17)(H,18,19). The minimum atomic E-state index is -0.712. The molecular formula is C15H25NO3. The van der Waals surface area contributed by atoms with Crippen molar-refractivity contribution in [2.75, 3.05) is 0 Å². The van der Waals surface area contributed by atoms with Crippen LogP contribution in [0, 0.1) is 17.3 Å². The molecule has 1 unspecified atom stereocenters. The van der Waals surface area contributed by atoms with Crippen LogP contribution in [0.25, 0.3) is 0 Å². The second-order valence-corrected chi connectivity index (χ2v) is 7.00. The van der Waals surface area contributed by atoms with Crippen LogP contribution in [0.15, 0.2) is 0 Å². The zero-order chi connectivity index (χ0) is 14.0. The summed E-state index contributed by atoms with van der Waals surface area (Å²) in [5, 5.41) is 12.1. The van der Waals surface area contributed by atoms with E-state index in [4.69, 9.17) is 5.11 Å². The molecule has 0 saturated heterocycles. The average Bonchev–Trinajstić information content (AvgIpc) is 2.68. The van der Waals surface area contributed by atoms with E-state index in [0.29, 0.717) is 24.3 Å². The Hall–Kier alpha value is -1.06. The summed E-state index contributed by atoms with van der Waals surface area (Å²) in [5.74, 6) is -0.781. The van der Waals surface area contributed by atoms with E-state index in [2.05, 4.69) is 19.2 Å². The maximum atomic E-state index is 12.2. The number of hydrogen-bond donors (Lipinski definition) is 2. The first-order valence-corrected chi connectivity index (χ1v) is 7.40. The fraction of sp³-hybridized carbons (Fsp3) is 0.867. The normalized spacial score (nSPS) is 33.9. The van der Waals surface area contributed by atoms with Gasteiger partial charge in [0.25, 0.3) is 0 Å². The number of nitrogens with one attached hydrogen (secondary N) is 1. The van der Waals surface area contributed by atoms with Gasteiger partial charge < -0.3 is 10.4 Å². The Morgan fingerprint density at radius 3 is 2.11 bits per heavy atom. The minimum absolute atomic E-state index is 0.0271. The molecule has 19 heavy (non-hydrogen) atoms. The van der Waals surface area contributed by atoms with Crippen molar-refractivity contribution in [2.45, 2.75) is 64.8 Å². The maximum absolute atomic E-state index is 12.2. The van der Waals surface area contributed by atoms with Crippen LogP contribution in [-0.2, 0) is 9.59 Å². The molecule has 0 heterocycles. The first-order chi connectivity index (χ1) is 8.87. The number of amides is 1. The summed E-state index contributed by atoms with van der Waals surface area (Å²) >= 11 is 0. The highest BCUT2D eigenvalue weighted by Crippen LogP contribution is 2.37. The van der Waals surface area contributed by atoms with Crippen LogP contribution < -0.4 is 5.32 Å². The lowest BCUT2D eigenvalue weighted by atomic mass is 9.81. The lowest BCUT2D eigenvalue weighted by Gasteiger charge is -2.26. The molecule has 2 saturated carbocycles. The van der Waals surface area contributed by atoms with E-state index in [0.717, 1.165) is 25.7 Å². The highest BCUT2D eigenvalue weighted by Gasteiger charge is 2.34. The molecule has 4 heteroatoms. The number of rotatable bonds is 3. The van der Waals surface area contributed by atoms with Crippen molar-refractivity contribution in [1.82, 2.24) is 5.32 Å². The fourth-order valence-corrected chi connectivity index (χ4v) is 3.48. The largest absolute Gasteiger partial charge is 0.481 e. The Morgan fingerprint density at radius 1 is 1.05 bits per heavy atom. The number of aliphatic carboxylic acids is 1. The molecule has 0 aromatic heterocycles. The van der Waals surface area contributed by atoms with Crippen molar-refractivity contribution < 1.29 is 14.7 Å². The minimum Gasteiger partial charge on any atom is -0.481 e. The number of carbonyl (C=O) groups is 2. The van der Waals surface area contributed by atoms with E-state index < -0.39 is 5.97 Å². The highest BCUT2D eigenvalue weighted by molar-refractivity contribution is 5.79. The van der Waals surface area contributed by atoms with E-state index in [9.17, 15) is 9.59 Å². The van der Waals surface area contributed by atoms with Gasteiger partial charge in [-0.05, 0) is 50.4 Å². The monoisotopic (exact) mass is 267 g/mol. The van der Waals surface area contributed by atoms with Crippen molar-refractivity contribution in [3.05, 3.63) is 0 Å². The molecule has 2 aliphatic rings. The van der Waals surface area contributed by atoms with Crippen molar-refractivity contribution in [3.63, 3.8) is 0 Å². The van der Waals surface area contributed by atoms with Crippen LogP contribution in [0.5, 0.6) is 0 Å². The highest BCUT2D eigenvalue weighted by atomic mass is 16.4. The molecule has 1 atom stereocenters. The zero-order valence-corrected chi connectivity index (χ0v) is 11.9. The van der Waals surface area contributed by atoms with E-state index in [1.807, 2.05) is 0 Å². The Morgan fingerprint density at radius 2 is 1.63 bits per heavy atom. The van der Waals surface area contributed by atoms with Gasteiger partial charge >= 0.3 is 5.97 Å². The summed E-state index contributed by atoms with van der Waals surface area (Å²) in [6.45, 7) is 4.49. The second kappa shape index (κ2) is 5.51. The third-order valence-electron chi connectivity index (χ3n) is 4.76. The maximum Gasteiger partial charge on any atom is 0.306 e. The van der Waals surface area contributed by atoms with Gasteiger partial charge in [-0.25, -0.2) is 0 Å². The van der Waals surface area contributed by atoms with Gasteiger partial charge in [0.05, 0.1) is 5.92 Å². The van der Waals surface area contributed by atoms with Crippen LogP contribution in [0.2, 0.25) is 0 Å². The molecule has 2 rings (SSSR count). The molecule has 1 amide bonds. The van der Waals surface area contributed by atoms with Gasteiger partial charge in [-0.3, -0.25) is 9.59 Å². The van der Waals surface area contributed by atoms with Crippen LogP contribution >= 0.6 is 0 Å². The molecule has 0 spiro atoms. The van der Waals surface area contributed by atoms with E-state index in [-0.39, 0.29) is 17.7 Å². The molecule has 108 valence electrons. The molecule has 0 aromatic rings. The fourth-order valence-electron chi connectivity index (χ4n) is 3.48. The topological polar surface area (TPSA) is 66.4 Å². The Bertz CT molecular complexity index is 356. The molecule has 0 aromatic carbocycles. The third-order valence-corrected chi connectivity index (χ3v) is 4.76. The summed E-state index contributed by atoms with van der Waals surface area (Å²) in [7, 11) is 0.